The van der Waals surface area contributed by atoms with Crippen molar-refractivity contribution in [3.63, 3.8) is 0 Å². The highest BCUT2D eigenvalue weighted by Crippen LogP contribution is 2.24. The van der Waals surface area contributed by atoms with Crippen LogP contribution in [0.25, 0.3) is 0 Å². The number of halogens is 1. The molecule has 0 saturated heterocycles. The van der Waals surface area contributed by atoms with Gasteiger partial charge in [-0.15, -0.1) is 0 Å². The van der Waals surface area contributed by atoms with Crippen LogP contribution >= 0.6 is 27.7 Å². The minimum Gasteiger partial charge on any atom is -0.480 e. The molecule has 0 amide bonds. The van der Waals surface area contributed by atoms with Crippen LogP contribution in [0.5, 0.6) is 5.88 Å². The average Bonchev–Trinajstić information content (AvgIpc) is 2.35. The molecule has 1 atom stereocenters. The third-order valence-electron chi connectivity index (χ3n) is 2.59. The van der Waals surface area contributed by atoms with Crippen LogP contribution in [0, 0.1) is 0 Å². The summed E-state index contributed by atoms with van der Waals surface area (Å²) in [5.74, 6) is 2.33. The summed E-state index contributed by atoms with van der Waals surface area (Å²) >= 11 is 5.18. The fourth-order valence-corrected chi connectivity index (χ4v) is 2.71. The number of anilines is 1. The standard InChI is InChI=1S/C11H18BrN3OS/c1-5-8(7-17-4)15(2)11-13-6-9(12)10(14-11)16-3/h6,8H,5,7H2,1-4H3. The second-order valence-electron chi connectivity index (χ2n) is 3.66. The highest BCUT2D eigenvalue weighted by molar-refractivity contribution is 9.10. The van der Waals surface area contributed by atoms with E-state index < -0.39 is 0 Å². The summed E-state index contributed by atoms with van der Waals surface area (Å²) in [4.78, 5) is 10.8. The molecule has 0 aromatic carbocycles. The smallest absolute Gasteiger partial charge is 0.232 e. The molecule has 0 spiro atoms. The summed E-state index contributed by atoms with van der Waals surface area (Å²) in [6, 6.07) is 0.441. The molecule has 1 rings (SSSR count). The van der Waals surface area contributed by atoms with E-state index in [1.165, 1.54) is 0 Å². The zero-order valence-corrected chi connectivity index (χ0v) is 13.0. The van der Waals surface area contributed by atoms with E-state index in [4.69, 9.17) is 4.74 Å². The molecule has 0 aliphatic rings. The second-order valence-corrected chi connectivity index (χ2v) is 5.42. The monoisotopic (exact) mass is 319 g/mol. The van der Waals surface area contributed by atoms with E-state index in [2.05, 4.69) is 44.0 Å². The van der Waals surface area contributed by atoms with Crippen LogP contribution in [-0.4, -0.2) is 42.2 Å². The van der Waals surface area contributed by atoms with Crippen LogP contribution in [0.15, 0.2) is 10.7 Å². The van der Waals surface area contributed by atoms with Crippen molar-refractivity contribution in [2.24, 2.45) is 0 Å². The Morgan fingerprint density at radius 2 is 2.29 bits per heavy atom. The first-order chi connectivity index (χ1) is 8.13. The molecule has 0 N–H and O–H groups in total. The molecule has 6 heteroatoms. The highest BCUT2D eigenvalue weighted by atomic mass is 79.9. The second kappa shape index (κ2) is 7.06. The lowest BCUT2D eigenvalue weighted by Crippen LogP contribution is -2.34. The van der Waals surface area contributed by atoms with Gasteiger partial charge in [0.2, 0.25) is 11.8 Å². The van der Waals surface area contributed by atoms with Gasteiger partial charge in [0.15, 0.2) is 0 Å². The van der Waals surface area contributed by atoms with Crippen LogP contribution in [0.2, 0.25) is 0 Å². The Kier molecular flexibility index (Phi) is 6.05. The molecule has 96 valence electrons. The summed E-state index contributed by atoms with van der Waals surface area (Å²) in [5, 5.41) is 0. The average molecular weight is 320 g/mol. The van der Waals surface area contributed by atoms with Gasteiger partial charge in [0, 0.05) is 18.8 Å². The normalized spacial score (nSPS) is 12.3. The number of hydrogen-bond acceptors (Lipinski definition) is 5. The third kappa shape index (κ3) is 3.74. The number of thioether (sulfide) groups is 1. The number of hydrogen-bond donors (Lipinski definition) is 0. The Labute approximate surface area is 115 Å². The lowest BCUT2D eigenvalue weighted by Gasteiger charge is -2.26. The lowest BCUT2D eigenvalue weighted by molar-refractivity contribution is 0.393. The minimum absolute atomic E-state index is 0.441. The summed E-state index contributed by atoms with van der Waals surface area (Å²) in [6.45, 7) is 2.17. The van der Waals surface area contributed by atoms with Crippen molar-refractivity contribution in [1.82, 2.24) is 9.97 Å². The maximum Gasteiger partial charge on any atom is 0.232 e. The van der Waals surface area contributed by atoms with E-state index in [0.29, 0.717) is 17.9 Å². The number of ether oxygens (including phenoxy) is 1. The van der Waals surface area contributed by atoms with Gasteiger partial charge in [-0.05, 0) is 28.6 Å². The zero-order chi connectivity index (χ0) is 12.8. The van der Waals surface area contributed by atoms with Crippen LogP contribution in [0.3, 0.4) is 0 Å². The quantitative estimate of drug-likeness (QED) is 0.806. The Morgan fingerprint density at radius 1 is 1.59 bits per heavy atom. The van der Waals surface area contributed by atoms with Gasteiger partial charge in [-0.2, -0.15) is 16.7 Å². The maximum absolute atomic E-state index is 5.18. The molecule has 0 saturated carbocycles. The highest BCUT2D eigenvalue weighted by Gasteiger charge is 2.16. The Balaban J connectivity index is 2.90. The number of methoxy groups -OCH3 is 1. The summed E-state index contributed by atoms with van der Waals surface area (Å²) in [6.07, 6.45) is 4.90. The molecular formula is C11H18BrN3OS. The largest absolute Gasteiger partial charge is 0.480 e. The molecule has 1 aromatic heterocycles. The van der Waals surface area contributed by atoms with Gasteiger partial charge in [0.25, 0.3) is 0 Å². The van der Waals surface area contributed by atoms with Gasteiger partial charge in [-0.1, -0.05) is 6.92 Å². The van der Waals surface area contributed by atoms with Crippen LogP contribution in [0.4, 0.5) is 5.95 Å². The predicted octanol–water partition coefficient (Wildman–Crippen LogP) is 2.83. The van der Waals surface area contributed by atoms with Crippen molar-refractivity contribution in [3.8, 4) is 5.88 Å². The molecule has 1 aromatic rings. The van der Waals surface area contributed by atoms with Gasteiger partial charge < -0.3 is 9.64 Å². The third-order valence-corrected chi connectivity index (χ3v) is 3.85. The molecule has 1 heterocycles. The summed E-state index contributed by atoms with van der Waals surface area (Å²) in [7, 11) is 3.63. The predicted molar refractivity (Wildman–Crippen MR) is 77.1 cm³/mol. The summed E-state index contributed by atoms with van der Waals surface area (Å²) < 4.78 is 5.95. The fourth-order valence-electron chi connectivity index (χ4n) is 1.52. The number of aromatic nitrogens is 2. The first-order valence-electron chi connectivity index (χ1n) is 5.42. The van der Waals surface area contributed by atoms with Gasteiger partial charge in [0.1, 0.15) is 0 Å². The van der Waals surface area contributed by atoms with Crippen molar-refractivity contribution in [2.75, 3.05) is 31.1 Å². The van der Waals surface area contributed by atoms with Crippen molar-refractivity contribution in [1.29, 1.82) is 0 Å². The first kappa shape index (κ1) is 14.6. The van der Waals surface area contributed by atoms with Gasteiger partial charge >= 0.3 is 0 Å². The molecular weight excluding hydrogens is 302 g/mol. The molecule has 0 radical (unpaired) electrons. The molecule has 0 bridgehead atoms. The Morgan fingerprint density at radius 3 is 2.82 bits per heavy atom. The fraction of sp³-hybridized carbons (Fsp3) is 0.636. The Hall–Kier alpha value is -0.490. The van der Waals surface area contributed by atoms with Crippen molar-refractivity contribution in [2.45, 2.75) is 19.4 Å². The minimum atomic E-state index is 0.441. The number of nitrogens with zero attached hydrogens (tertiary/aromatic N) is 3. The van der Waals surface area contributed by atoms with E-state index in [9.17, 15) is 0 Å². The Bertz CT molecular complexity index is 365. The molecule has 0 fully saturated rings. The topological polar surface area (TPSA) is 38.2 Å². The molecule has 0 aliphatic carbocycles. The molecule has 17 heavy (non-hydrogen) atoms. The van der Waals surface area contributed by atoms with Gasteiger partial charge in [-0.3, -0.25) is 0 Å². The van der Waals surface area contributed by atoms with Crippen molar-refractivity contribution in [3.05, 3.63) is 10.7 Å². The van der Waals surface area contributed by atoms with Crippen LogP contribution < -0.4 is 9.64 Å². The van der Waals surface area contributed by atoms with Gasteiger partial charge in [-0.25, -0.2) is 4.98 Å². The SMILES string of the molecule is CCC(CSC)N(C)c1ncc(Br)c(OC)n1. The van der Waals surface area contributed by atoms with E-state index in [0.717, 1.165) is 16.6 Å². The number of rotatable bonds is 6. The van der Waals surface area contributed by atoms with Gasteiger partial charge in [0.05, 0.1) is 17.8 Å². The van der Waals surface area contributed by atoms with Crippen LogP contribution in [-0.2, 0) is 0 Å². The maximum atomic E-state index is 5.18. The summed E-state index contributed by atoms with van der Waals surface area (Å²) in [5.41, 5.74) is 0. The van der Waals surface area contributed by atoms with Crippen molar-refractivity contribution >= 4 is 33.6 Å². The van der Waals surface area contributed by atoms with Crippen molar-refractivity contribution < 1.29 is 4.74 Å². The zero-order valence-electron chi connectivity index (χ0n) is 10.6. The lowest BCUT2D eigenvalue weighted by atomic mass is 10.2. The molecule has 0 aliphatic heterocycles. The molecule has 4 nitrogen and oxygen atoms in total. The van der Waals surface area contributed by atoms with E-state index in [1.807, 2.05) is 18.8 Å². The van der Waals surface area contributed by atoms with E-state index in [1.54, 1.807) is 13.3 Å². The van der Waals surface area contributed by atoms with E-state index in [-0.39, 0.29) is 0 Å². The first-order valence-corrected chi connectivity index (χ1v) is 7.61. The molecule has 1 unspecified atom stereocenters. The van der Waals surface area contributed by atoms with Crippen LogP contribution in [0.1, 0.15) is 13.3 Å². The van der Waals surface area contributed by atoms with E-state index >= 15 is 0 Å².